The monoisotopic (exact) mass is 194 g/mol. The van der Waals surface area contributed by atoms with Crippen LogP contribution in [0.25, 0.3) is 0 Å². The van der Waals surface area contributed by atoms with Crippen LogP contribution >= 0.6 is 0 Å². The zero-order valence-corrected chi connectivity index (χ0v) is 7.77. The largest absolute Gasteiger partial charge is 0.393 e. The number of hydrogen-bond donors (Lipinski definition) is 0. The quantitative estimate of drug-likeness (QED) is 0.478. The highest BCUT2D eigenvalue weighted by atomic mass is 16.6. The Hall–Kier alpha value is -1.65. The van der Waals surface area contributed by atoms with E-state index in [1.54, 1.807) is 17.9 Å². The van der Waals surface area contributed by atoms with Crippen LogP contribution in [0.5, 0.6) is 0 Å². The highest BCUT2D eigenvalue weighted by Gasteiger charge is 2.29. The van der Waals surface area contributed by atoms with E-state index in [1.807, 2.05) is 6.07 Å². The minimum absolute atomic E-state index is 0.0868. The van der Waals surface area contributed by atoms with E-state index in [9.17, 15) is 9.59 Å². The maximum Gasteiger partial charge on any atom is 0.314 e. The Labute approximate surface area is 80.7 Å². The number of hydrogen-bond acceptors (Lipinski definition) is 4. The molecule has 0 saturated carbocycles. The van der Waals surface area contributed by atoms with E-state index in [0.29, 0.717) is 0 Å². The van der Waals surface area contributed by atoms with Gasteiger partial charge in [0.15, 0.2) is 0 Å². The smallest absolute Gasteiger partial charge is 0.314 e. The standard InChI is InChI=1S/C9H10N2O3/c1-11-7(2-3-10-11)6-4-8(12)14-9(13)5-6/h2-3,6H,4-5H2,1H3. The molecule has 0 spiro atoms. The number of esters is 2. The van der Waals surface area contributed by atoms with Gasteiger partial charge in [-0.15, -0.1) is 0 Å². The first-order chi connectivity index (χ1) is 6.66. The SMILES string of the molecule is Cn1nccc1C1CC(=O)OC(=O)C1. The molecule has 2 rings (SSSR count). The van der Waals surface area contributed by atoms with Gasteiger partial charge in [-0.2, -0.15) is 5.10 Å². The Kier molecular flexibility index (Phi) is 2.07. The molecule has 1 fully saturated rings. The van der Waals surface area contributed by atoms with Crippen molar-refractivity contribution >= 4 is 11.9 Å². The van der Waals surface area contributed by atoms with Gasteiger partial charge in [0.25, 0.3) is 0 Å². The molecule has 0 N–H and O–H groups in total. The predicted molar refractivity (Wildman–Crippen MR) is 46.3 cm³/mol. The molecule has 0 bridgehead atoms. The fourth-order valence-electron chi connectivity index (χ4n) is 1.68. The minimum Gasteiger partial charge on any atom is -0.393 e. The molecular formula is C9H10N2O3. The molecule has 5 heteroatoms. The fraction of sp³-hybridized carbons (Fsp3) is 0.444. The van der Waals surface area contributed by atoms with Crippen LogP contribution < -0.4 is 0 Å². The van der Waals surface area contributed by atoms with E-state index in [0.717, 1.165) is 5.69 Å². The number of nitrogens with zero attached hydrogens (tertiary/aromatic N) is 2. The lowest BCUT2D eigenvalue weighted by atomic mass is 9.96. The molecule has 14 heavy (non-hydrogen) atoms. The average molecular weight is 194 g/mol. The predicted octanol–water partition coefficient (Wildman–Crippen LogP) is 0.367. The molecule has 5 nitrogen and oxygen atoms in total. The normalized spacial score (nSPS) is 18.4. The average Bonchev–Trinajstić information content (AvgIpc) is 2.49. The van der Waals surface area contributed by atoms with Crippen LogP contribution in [0.3, 0.4) is 0 Å². The van der Waals surface area contributed by atoms with Crippen molar-refractivity contribution in [3.05, 3.63) is 18.0 Å². The van der Waals surface area contributed by atoms with Gasteiger partial charge in [-0.1, -0.05) is 0 Å². The Morgan fingerprint density at radius 3 is 2.57 bits per heavy atom. The number of aryl methyl sites for hydroxylation is 1. The molecule has 0 aromatic carbocycles. The second kappa shape index (κ2) is 3.25. The van der Waals surface area contributed by atoms with Crippen molar-refractivity contribution in [3.8, 4) is 0 Å². The summed E-state index contributed by atoms with van der Waals surface area (Å²) in [4.78, 5) is 22.0. The first kappa shape index (κ1) is 8.93. The van der Waals surface area contributed by atoms with E-state index in [1.165, 1.54) is 0 Å². The van der Waals surface area contributed by atoms with E-state index in [4.69, 9.17) is 0 Å². The number of aromatic nitrogens is 2. The highest BCUT2D eigenvalue weighted by molar-refractivity contribution is 5.89. The van der Waals surface area contributed by atoms with Gasteiger partial charge in [0.1, 0.15) is 0 Å². The highest BCUT2D eigenvalue weighted by Crippen LogP contribution is 2.27. The summed E-state index contributed by atoms with van der Waals surface area (Å²) < 4.78 is 6.12. The maximum atomic E-state index is 11.0. The van der Waals surface area contributed by atoms with Crippen molar-refractivity contribution in [1.82, 2.24) is 9.78 Å². The Balaban J connectivity index is 2.23. The summed E-state index contributed by atoms with van der Waals surface area (Å²) in [6, 6.07) is 1.82. The van der Waals surface area contributed by atoms with Crippen LogP contribution in [0.1, 0.15) is 24.5 Å². The topological polar surface area (TPSA) is 61.2 Å². The van der Waals surface area contributed by atoms with Crippen LogP contribution in [0.4, 0.5) is 0 Å². The van der Waals surface area contributed by atoms with Crippen LogP contribution in [0, 0.1) is 0 Å². The molecule has 1 aromatic heterocycles. The summed E-state index contributed by atoms with van der Waals surface area (Å²) in [6.07, 6.45) is 2.16. The first-order valence-corrected chi connectivity index (χ1v) is 4.38. The molecule has 1 saturated heterocycles. The molecule has 74 valence electrons. The first-order valence-electron chi connectivity index (χ1n) is 4.38. The van der Waals surface area contributed by atoms with E-state index >= 15 is 0 Å². The lowest BCUT2D eigenvalue weighted by Crippen LogP contribution is -2.25. The van der Waals surface area contributed by atoms with Crippen molar-refractivity contribution in [2.45, 2.75) is 18.8 Å². The molecule has 0 amide bonds. The van der Waals surface area contributed by atoms with Gasteiger partial charge in [0.2, 0.25) is 0 Å². The lowest BCUT2D eigenvalue weighted by Gasteiger charge is -2.19. The zero-order chi connectivity index (χ0) is 10.1. The lowest BCUT2D eigenvalue weighted by molar-refractivity contribution is -0.164. The number of rotatable bonds is 1. The van der Waals surface area contributed by atoms with Crippen LogP contribution in [0.2, 0.25) is 0 Å². The van der Waals surface area contributed by atoms with Crippen LogP contribution in [-0.2, 0) is 21.4 Å². The molecule has 1 aliphatic rings. The Morgan fingerprint density at radius 1 is 1.43 bits per heavy atom. The van der Waals surface area contributed by atoms with Crippen molar-refractivity contribution in [3.63, 3.8) is 0 Å². The van der Waals surface area contributed by atoms with Crippen molar-refractivity contribution in [2.24, 2.45) is 7.05 Å². The van der Waals surface area contributed by atoms with Gasteiger partial charge >= 0.3 is 11.9 Å². The number of carbonyl (C=O) groups is 2. The maximum absolute atomic E-state index is 11.0. The van der Waals surface area contributed by atoms with E-state index < -0.39 is 11.9 Å². The third-order valence-electron chi connectivity index (χ3n) is 2.33. The van der Waals surface area contributed by atoms with E-state index in [-0.39, 0.29) is 18.8 Å². The minimum atomic E-state index is -0.451. The fourth-order valence-corrected chi connectivity index (χ4v) is 1.68. The zero-order valence-electron chi connectivity index (χ0n) is 7.77. The molecule has 1 aliphatic heterocycles. The van der Waals surface area contributed by atoms with Crippen molar-refractivity contribution < 1.29 is 14.3 Å². The second-order valence-electron chi connectivity index (χ2n) is 3.33. The Bertz CT molecular complexity index is 367. The Morgan fingerprint density at radius 2 is 2.07 bits per heavy atom. The summed E-state index contributed by atoms with van der Waals surface area (Å²) in [6.45, 7) is 0. The van der Waals surface area contributed by atoms with Gasteiger partial charge in [-0.05, 0) is 6.07 Å². The molecule has 0 radical (unpaired) electrons. The third kappa shape index (κ3) is 1.53. The number of cyclic esters (lactones) is 2. The summed E-state index contributed by atoms with van der Waals surface area (Å²) in [5.74, 6) is -0.990. The van der Waals surface area contributed by atoms with Crippen molar-refractivity contribution in [1.29, 1.82) is 0 Å². The molecule has 0 unspecified atom stereocenters. The molecule has 2 heterocycles. The van der Waals surface area contributed by atoms with E-state index in [2.05, 4.69) is 9.84 Å². The third-order valence-corrected chi connectivity index (χ3v) is 2.33. The van der Waals surface area contributed by atoms with Crippen LogP contribution in [0.15, 0.2) is 12.3 Å². The van der Waals surface area contributed by atoms with Gasteiger partial charge in [-0.25, -0.2) is 0 Å². The second-order valence-corrected chi connectivity index (χ2v) is 3.33. The summed E-state index contributed by atoms with van der Waals surface area (Å²) in [5.41, 5.74) is 0.898. The summed E-state index contributed by atoms with van der Waals surface area (Å²) in [5, 5.41) is 4.00. The van der Waals surface area contributed by atoms with Gasteiger partial charge < -0.3 is 4.74 Å². The molecular weight excluding hydrogens is 184 g/mol. The van der Waals surface area contributed by atoms with Crippen molar-refractivity contribution in [2.75, 3.05) is 0 Å². The summed E-state index contributed by atoms with van der Waals surface area (Å²) in [7, 11) is 1.79. The van der Waals surface area contributed by atoms with Gasteiger partial charge in [0, 0.05) is 24.9 Å². The molecule has 0 atom stereocenters. The van der Waals surface area contributed by atoms with Crippen LogP contribution in [-0.4, -0.2) is 21.7 Å². The summed E-state index contributed by atoms with van der Waals surface area (Å²) >= 11 is 0. The van der Waals surface area contributed by atoms with Gasteiger partial charge in [-0.3, -0.25) is 14.3 Å². The van der Waals surface area contributed by atoms with Gasteiger partial charge in [0.05, 0.1) is 12.8 Å². The molecule has 0 aliphatic carbocycles. The molecule has 1 aromatic rings. The number of ether oxygens (including phenoxy) is 1. The number of carbonyl (C=O) groups excluding carboxylic acids is 2.